The lowest BCUT2D eigenvalue weighted by atomic mass is 10.0. The molecule has 3 unspecified atom stereocenters. The highest BCUT2D eigenvalue weighted by Crippen LogP contribution is 2.06. The minimum atomic E-state index is -1.15. The highest BCUT2D eigenvalue weighted by atomic mass is 32.1. The van der Waals surface area contributed by atoms with E-state index in [9.17, 15) is 19.2 Å². The van der Waals surface area contributed by atoms with Crippen molar-refractivity contribution in [2.45, 2.75) is 57.7 Å². The van der Waals surface area contributed by atoms with Gasteiger partial charge in [0.05, 0.1) is 12.6 Å². The summed E-state index contributed by atoms with van der Waals surface area (Å²) in [6, 6.07) is -2.75. The van der Waals surface area contributed by atoms with Gasteiger partial charge in [-0.3, -0.25) is 14.4 Å². The highest BCUT2D eigenvalue weighted by Gasteiger charge is 2.25. The molecule has 0 saturated heterocycles. The molecule has 0 heterocycles. The van der Waals surface area contributed by atoms with Crippen LogP contribution in [-0.2, 0) is 19.2 Å². The van der Waals surface area contributed by atoms with Crippen LogP contribution >= 0.6 is 12.6 Å². The third kappa shape index (κ3) is 11.1. The van der Waals surface area contributed by atoms with Crippen LogP contribution in [0.4, 0.5) is 0 Å². The number of hydrogen-bond donors (Lipinski definition) is 7. The first kappa shape index (κ1) is 26.1. The lowest BCUT2D eigenvalue weighted by Crippen LogP contribution is -2.54. The van der Waals surface area contributed by atoms with E-state index in [4.69, 9.17) is 16.6 Å². The Morgan fingerprint density at radius 2 is 1.68 bits per heavy atom. The molecule has 0 aromatic rings. The van der Waals surface area contributed by atoms with E-state index in [0.29, 0.717) is 25.8 Å². The van der Waals surface area contributed by atoms with Crippen molar-refractivity contribution in [3.8, 4) is 0 Å². The van der Waals surface area contributed by atoms with Crippen molar-refractivity contribution in [3.63, 3.8) is 0 Å². The molecule has 0 aromatic carbocycles. The molecule has 11 heteroatoms. The van der Waals surface area contributed by atoms with Crippen molar-refractivity contribution in [1.29, 1.82) is 0 Å². The zero-order chi connectivity index (χ0) is 21.7. The van der Waals surface area contributed by atoms with Crippen molar-refractivity contribution in [2.24, 2.45) is 17.4 Å². The van der Waals surface area contributed by atoms with Gasteiger partial charge in [0.1, 0.15) is 12.1 Å². The summed E-state index contributed by atoms with van der Waals surface area (Å²) >= 11 is 3.95. The largest absolute Gasteiger partial charge is 0.480 e. The molecule has 0 fully saturated rings. The minimum absolute atomic E-state index is 0.107. The second kappa shape index (κ2) is 14.2. The van der Waals surface area contributed by atoms with Crippen molar-refractivity contribution in [2.75, 3.05) is 18.8 Å². The maximum atomic E-state index is 12.4. The summed E-state index contributed by atoms with van der Waals surface area (Å²) in [4.78, 5) is 47.5. The lowest BCUT2D eigenvalue weighted by Gasteiger charge is -2.22. The smallest absolute Gasteiger partial charge is 0.326 e. The van der Waals surface area contributed by atoms with Crippen LogP contribution in [0.1, 0.15) is 39.5 Å². The Labute approximate surface area is 171 Å². The van der Waals surface area contributed by atoms with Crippen LogP contribution in [0.3, 0.4) is 0 Å². The summed E-state index contributed by atoms with van der Waals surface area (Å²) in [7, 11) is 0. The van der Waals surface area contributed by atoms with E-state index >= 15 is 0 Å². The van der Waals surface area contributed by atoms with Gasteiger partial charge in [-0.2, -0.15) is 12.6 Å². The van der Waals surface area contributed by atoms with Gasteiger partial charge in [-0.15, -0.1) is 0 Å². The summed E-state index contributed by atoms with van der Waals surface area (Å²) in [5.41, 5.74) is 11.0. The standard InChI is InChI=1S/C17H33N5O5S/c1-10(2)7-13(22-15(24)11(19)9-28)16(25)20-8-14(23)21-12(17(26)27)5-3-4-6-18/h10-13,28H,3-9,18-19H2,1-2H3,(H,20,25)(H,21,23)(H,22,24)(H,26,27). The predicted octanol–water partition coefficient (Wildman–Crippen LogP) is -1.41. The first-order chi connectivity index (χ1) is 13.1. The molecule has 0 rings (SSSR count). The lowest BCUT2D eigenvalue weighted by molar-refractivity contribution is -0.142. The number of carboxylic acids is 1. The van der Waals surface area contributed by atoms with Crippen LogP contribution in [-0.4, -0.2) is 65.8 Å². The van der Waals surface area contributed by atoms with E-state index in [1.165, 1.54) is 0 Å². The molecule has 3 amide bonds. The number of nitrogens with one attached hydrogen (secondary N) is 3. The predicted molar refractivity (Wildman–Crippen MR) is 109 cm³/mol. The van der Waals surface area contributed by atoms with Crippen LogP contribution in [0.15, 0.2) is 0 Å². The molecule has 0 radical (unpaired) electrons. The number of carbonyl (C=O) groups excluding carboxylic acids is 3. The minimum Gasteiger partial charge on any atom is -0.480 e. The van der Waals surface area contributed by atoms with E-state index in [0.717, 1.165) is 0 Å². The fourth-order valence-electron chi connectivity index (χ4n) is 2.35. The fraction of sp³-hybridized carbons (Fsp3) is 0.765. The second-order valence-electron chi connectivity index (χ2n) is 6.94. The number of rotatable bonds is 14. The van der Waals surface area contributed by atoms with Crippen molar-refractivity contribution in [3.05, 3.63) is 0 Å². The third-order valence-corrected chi connectivity index (χ3v) is 4.27. The van der Waals surface area contributed by atoms with Gasteiger partial charge < -0.3 is 32.5 Å². The fourth-order valence-corrected chi connectivity index (χ4v) is 2.52. The Bertz CT molecular complexity index is 532. The van der Waals surface area contributed by atoms with Crippen LogP contribution < -0.4 is 27.4 Å². The van der Waals surface area contributed by atoms with E-state index in [-0.39, 0.29) is 18.1 Å². The molecule has 3 atom stereocenters. The van der Waals surface area contributed by atoms with Crippen LogP contribution in [0, 0.1) is 5.92 Å². The molecule has 8 N–H and O–H groups in total. The molecule has 162 valence electrons. The average molecular weight is 420 g/mol. The molecule has 0 aliphatic heterocycles. The van der Waals surface area contributed by atoms with E-state index in [1.54, 1.807) is 0 Å². The van der Waals surface area contributed by atoms with Crippen molar-refractivity contribution < 1.29 is 24.3 Å². The van der Waals surface area contributed by atoms with Gasteiger partial charge >= 0.3 is 5.97 Å². The third-order valence-electron chi connectivity index (χ3n) is 3.88. The summed E-state index contributed by atoms with van der Waals surface area (Å²) in [5.74, 6) is -2.59. The van der Waals surface area contributed by atoms with Gasteiger partial charge in [0, 0.05) is 5.75 Å². The Morgan fingerprint density at radius 1 is 1.04 bits per heavy atom. The number of hydrogen-bond acceptors (Lipinski definition) is 7. The summed E-state index contributed by atoms with van der Waals surface area (Å²) in [5, 5.41) is 16.5. The molecule has 10 nitrogen and oxygen atoms in total. The number of carboxylic acid groups (broad SMARTS) is 1. The Kier molecular flexibility index (Phi) is 13.3. The molecule has 28 heavy (non-hydrogen) atoms. The SMILES string of the molecule is CC(C)CC(NC(=O)C(N)CS)C(=O)NCC(=O)NC(CCCCN)C(=O)O. The molecule has 0 aliphatic rings. The number of carbonyl (C=O) groups is 4. The summed E-state index contributed by atoms with van der Waals surface area (Å²) < 4.78 is 0. The van der Waals surface area contributed by atoms with Crippen molar-refractivity contribution >= 4 is 36.3 Å². The molecule has 0 aliphatic carbocycles. The van der Waals surface area contributed by atoms with Gasteiger partial charge in [0.25, 0.3) is 0 Å². The molecule has 0 saturated carbocycles. The van der Waals surface area contributed by atoms with Crippen molar-refractivity contribution in [1.82, 2.24) is 16.0 Å². The maximum Gasteiger partial charge on any atom is 0.326 e. The number of unbranched alkanes of at least 4 members (excludes halogenated alkanes) is 1. The molecule has 0 bridgehead atoms. The molecule has 0 aromatic heterocycles. The highest BCUT2D eigenvalue weighted by molar-refractivity contribution is 7.80. The molecular weight excluding hydrogens is 386 g/mol. The van der Waals surface area contributed by atoms with Gasteiger partial charge in [-0.1, -0.05) is 13.8 Å². The van der Waals surface area contributed by atoms with Gasteiger partial charge in [0.15, 0.2) is 0 Å². The second-order valence-corrected chi connectivity index (χ2v) is 7.31. The zero-order valence-corrected chi connectivity index (χ0v) is 17.3. The topological polar surface area (TPSA) is 177 Å². The number of aliphatic carboxylic acids is 1. The summed E-state index contributed by atoms with van der Waals surface area (Å²) in [6.45, 7) is 3.81. The average Bonchev–Trinajstić information content (AvgIpc) is 2.63. The van der Waals surface area contributed by atoms with Crippen LogP contribution in [0.25, 0.3) is 0 Å². The van der Waals surface area contributed by atoms with Gasteiger partial charge in [-0.05, 0) is 38.1 Å². The number of thiol groups is 1. The first-order valence-electron chi connectivity index (χ1n) is 9.29. The molecular formula is C17H33N5O5S. The maximum absolute atomic E-state index is 12.4. The van der Waals surface area contributed by atoms with E-state index in [1.807, 2.05) is 13.8 Å². The number of nitrogens with two attached hydrogens (primary N) is 2. The van der Waals surface area contributed by atoms with Crippen LogP contribution in [0.5, 0.6) is 0 Å². The van der Waals surface area contributed by atoms with Gasteiger partial charge in [0.2, 0.25) is 17.7 Å². The Hall–Kier alpha value is -1.85. The zero-order valence-electron chi connectivity index (χ0n) is 16.4. The summed E-state index contributed by atoms with van der Waals surface area (Å²) in [6.07, 6.45) is 1.82. The Morgan fingerprint density at radius 3 is 2.18 bits per heavy atom. The Balaban J connectivity index is 4.69. The molecule has 0 spiro atoms. The normalized spacial score (nSPS) is 14.1. The van der Waals surface area contributed by atoms with Crippen LogP contribution in [0.2, 0.25) is 0 Å². The van der Waals surface area contributed by atoms with E-state index in [2.05, 4.69) is 28.6 Å². The number of amides is 3. The van der Waals surface area contributed by atoms with Gasteiger partial charge in [-0.25, -0.2) is 4.79 Å². The van der Waals surface area contributed by atoms with E-state index < -0.39 is 48.4 Å². The monoisotopic (exact) mass is 419 g/mol. The first-order valence-corrected chi connectivity index (χ1v) is 9.92. The quantitative estimate of drug-likeness (QED) is 0.134.